The van der Waals surface area contributed by atoms with Crippen molar-refractivity contribution < 1.29 is 14.8 Å². The lowest BCUT2D eigenvalue weighted by Gasteiger charge is -2.09. The van der Waals surface area contributed by atoms with Crippen molar-refractivity contribution in [1.82, 2.24) is 0 Å². The van der Waals surface area contributed by atoms with Crippen LogP contribution >= 0.6 is 11.8 Å². The number of nitro groups is 1. The first-order valence-corrected chi connectivity index (χ1v) is 7.21. The van der Waals surface area contributed by atoms with Gasteiger partial charge in [-0.05, 0) is 30.9 Å². The van der Waals surface area contributed by atoms with Crippen molar-refractivity contribution >= 4 is 23.4 Å². The highest BCUT2D eigenvalue weighted by molar-refractivity contribution is 7.99. The molecular weight excluding hydrogens is 266 g/mol. The Labute approximate surface area is 115 Å². The van der Waals surface area contributed by atoms with E-state index in [9.17, 15) is 14.9 Å². The zero-order valence-electron chi connectivity index (χ0n) is 10.4. The van der Waals surface area contributed by atoms with Crippen molar-refractivity contribution in [2.24, 2.45) is 5.92 Å². The van der Waals surface area contributed by atoms with Crippen LogP contribution in [0.4, 0.5) is 5.69 Å². The maximum atomic E-state index is 11.1. The summed E-state index contributed by atoms with van der Waals surface area (Å²) >= 11 is 1.40. The predicted octanol–water partition coefficient (Wildman–Crippen LogP) is 3.58. The van der Waals surface area contributed by atoms with Crippen molar-refractivity contribution in [3.05, 3.63) is 33.9 Å². The Balaban J connectivity index is 2.20. The second kappa shape index (κ2) is 6.06. The van der Waals surface area contributed by atoms with Gasteiger partial charge in [0.2, 0.25) is 0 Å². The fourth-order valence-electron chi connectivity index (χ4n) is 2.38. The SMILES string of the molecule is O=C(O)c1cccc(SCC2CCCC2)c1[N+](=O)[O-]. The number of carboxylic acid groups (broad SMARTS) is 1. The average molecular weight is 281 g/mol. The number of rotatable bonds is 5. The van der Waals surface area contributed by atoms with E-state index >= 15 is 0 Å². The molecule has 1 aromatic rings. The summed E-state index contributed by atoms with van der Waals surface area (Å²) in [7, 11) is 0. The van der Waals surface area contributed by atoms with Crippen LogP contribution in [0.3, 0.4) is 0 Å². The van der Waals surface area contributed by atoms with Gasteiger partial charge in [-0.2, -0.15) is 0 Å². The maximum Gasteiger partial charge on any atom is 0.342 e. The van der Waals surface area contributed by atoms with Gasteiger partial charge >= 0.3 is 5.97 Å². The van der Waals surface area contributed by atoms with Crippen molar-refractivity contribution in [3.8, 4) is 0 Å². The molecular formula is C13H15NO4S. The van der Waals surface area contributed by atoms with Gasteiger partial charge < -0.3 is 5.11 Å². The Kier molecular flexibility index (Phi) is 4.42. The van der Waals surface area contributed by atoms with Gasteiger partial charge in [-0.1, -0.05) is 18.9 Å². The molecule has 2 rings (SSSR count). The molecule has 0 bridgehead atoms. The smallest absolute Gasteiger partial charge is 0.342 e. The van der Waals surface area contributed by atoms with Gasteiger partial charge in [0, 0.05) is 5.75 Å². The topological polar surface area (TPSA) is 80.4 Å². The lowest BCUT2D eigenvalue weighted by atomic mass is 10.1. The highest BCUT2D eigenvalue weighted by Crippen LogP contribution is 2.36. The molecule has 0 aliphatic heterocycles. The molecule has 6 heteroatoms. The minimum Gasteiger partial charge on any atom is -0.477 e. The molecule has 1 aliphatic rings. The zero-order chi connectivity index (χ0) is 13.8. The molecule has 1 aromatic carbocycles. The van der Waals surface area contributed by atoms with Crippen molar-refractivity contribution in [2.45, 2.75) is 30.6 Å². The first-order valence-electron chi connectivity index (χ1n) is 6.23. The Morgan fingerprint density at radius 3 is 2.68 bits per heavy atom. The van der Waals surface area contributed by atoms with Crippen LogP contribution < -0.4 is 0 Å². The number of hydrogen-bond acceptors (Lipinski definition) is 4. The van der Waals surface area contributed by atoms with E-state index in [1.54, 1.807) is 12.1 Å². The lowest BCUT2D eigenvalue weighted by molar-refractivity contribution is -0.388. The second-order valence-corrected chi connectivity index (χ2v) is 5.74. The van der Waals surface area contributed by atoms with Crippen LogP contribution in [0.1, 0.15) is 36.0 Å². The van der Waals surface area contributed by atoms with Crippen LogP contribution in [0.15, 0.2) is 23.1 Å². The number of carbonyl (C=O) groups is 1. The molecule has 0 aromatic heterocycles. The van der Waals surface area contributed by atoms with Crippen LogP contribution in [0.2, 0.25) is 0 Å². The third kappa shape index (κ3) is 3.26. The first-order chi connectivity index (χ1) is 9.09. The highest BCUT2D eigenvalue weighted by Gasteiger charge is 2.25. The standard InChI is InChI=1S/C13H15NO4S/c15-13(16)10-6-3-7-11(12(10)14(17)18)19-8-9-4-1-2-5-9/h3,6-7,9H,1-2,4-5,8H2,(H,15,16). The summed E-state index contributed by atoms with van der Waals surface area (Å²) in [6.45, 7) is 0. The number of hydrogen-bond donors (Lipinski definition) is 1. The zero-order valence-corrected chi connectivity index (χ0v) is 11.2. The molecule has 0 amide bonds. The third-order valence-electron chi connectivity index (χ3n) is 3.36. The van der Waals surface area contributed by atoms with Crippen molar-refractivity contribution in [2.75, 3.05) is 5.75 Å². The van der Waals surface area contributed by atoms with E-state index in [2.05, 4.69) is 0 Å². The van der Waals surface area contributed by atoms with Gasteiger partial charge in [0.25, 0.3) is 5.69 Å². The Morgan fingerprint density at radius 1 is 1.42 bits per heavy atom. The van der Waals surface area contributed by atoms with Gasteiger partial charge in [0.15, 0.2) is 0 Å². The fourth-order valence-corrected chi connectivity index (χ4v) is 3.63. The van der Waals surface area contributed by atoms with E-state index in [0.29, 0.717) is 10.8 Å². The number of carboxylic acids is 1. The van der Waals surface area contributed by atoms with Gasteiger partial charge in [-0.25, -0.2) is 4.79 Å². The Bertz CT molecular complexity index is 497. The summed E-state index contributed by atoms with van der Waals surface area (Å²) < 4.78 is 0. The number of thioether (sulfide) groups is 1. The summed E-state index contributed by atoms with van der Waals surface area (Å²) in [5.74, 6) is 0.164. The van der Waals surface area contributed by atoms with E-state index in [1.165, 1.54) is 43.5 Å². The molecule has 102 valence electrons. The van der Waals surface area contributed by atoms with E-state index in [-0.39, 0.29) is 11.3 Å². The van der Waals surface area contributed by atoms with Crippen LogP contribution in [-0.2, 0) is 0 Å². The molecule has 1 N–H and O–H groups in total. The normalized spacial score (nSPS) is 15.6. The van der Waals surface area contributed by atoms with Gasteiger partial charge in [-0.3, -0.25) is 10.1 Å². The fraction of sp³-hybridized carbons (Fsp3) is 0.462. The van der Waals surface area contributed by atoms with Crippen LogP contribution in [-0.4, -0.2) is 21.8 Å². The molecule has 1 saturated carbocycles. The minimum absolute atomic E-state index is 0.235. The first kappa shape index (κ1) is 13.9. The number of para-hydroxylation sites is 1. The number of nitro benzene ring substituents is 1. The molecule has 0 spiro atoms. The van der Waals surface area contributed by atoms with Crippen molar-refractivity contribution in [1.29, 1.82) is 0 Å². The largest absolute Gasteiger partial charge is 0.477 e. The summed E-state index contributed by atoms with van der Waals surface area (Å²) in [6, 6.07) is 4.47. The molecule has 19 heavy (non-hydrogen) atoms. The summed E-state index contributed by atoms with van der Waals surface area (Å²) in [5.41, 5.74) is -0.514. The Morgan fingerprint density at radius 2 is 2.11 bits per heavy atom. The van der Waals surface area contributed by atoms with E-state index in [4.69, 9.17) is 5.11 Å². The summed E-state index contributed by atoms with van der Waals surface area (Å²) in [5, 5.41) is 20.1. The molecule has 1 fully saturated rings. The van der Waals surface area contributed by atoms with Crippen LogP contribution in [0.25, 0.3) is 0 Å². The third-order valence-corrected chi connectivity index (χ3v) is 4.64. The molecule has 0 unspecified atom stereocenters. The highest BCUT2D eigenvalue weighted by atomic mass is 32.2. The van der Waals surface area contributed by atoms with E-state index in [1.807, 2.05) is 0 Å². The molecule has 0 heterocycles. The minimum atomic E-state index is -1.25. The molecule has 0 saturated heterocycles. The van der Waals surface area contributed by atoms with E-state index in [0.717, 1.165) is 5.75 Å². The molecule has 1 aliphatic carbocycles. The molecule has 5 nitrogen and oxygen atoms in total. The van der Waals surface area contributed by atoms with E-state index < -0.39 is 10.9 Å². The van der Waals surface area contributed by atoms with Gasteiger partial charge in [0.05, 0.1) is 9.82 Å². The average Bonchev–Trinajstić information content (AvgIpc) is 2.88. The molecule has 0 radical (unpaired) electrons. The second-order valence-electron chi connectivity index (χ2n) is 4.68. The van der Waals surface area contributed by atoms with Crippen molar-refractivity contribution in [3.63, 3.8) is 0 Å². The predicted molar refractivity (Wildman–Crippen MR) is 72.7 cm³/mol. The van der Waals surface area contributed by atoms with Crippen LogP contribution in [0, 0.1) is 16.0 Å². The lowest BCUT2D eigenvalue weighted by Crippen LogP contribution is -2.04. The van der Waals surface area contributed by atoms with Crippen LogP contribution in [0.5, 0.6) is 0 Å². The summed E-state index contributed by atoms with van der Waals surface area (Å²) in [6.07, 6.45) is 4.78. The maximum absolute atomic E-state index is 11.1. The van der Waals surface area contributed by atoms with Gasteiger partial charge in [0.1, 0.15) is 5.56 Å². The molecule has 0 atom stereocenters. The van der Waals surface area contributed by atoms with Gasteiger partial charge in [-0.15, -0.1) is 11.8 Å². The monoisotopic (exact) mass is 281 g/mol. The Hall–Kier alpha value is -1.56. The summed E-state index contributed by atoms with van der Waals surface area (Å²) in [4.78, 5) is 22.0. The number of benzene rings is 1. The quantitative estimate of drug-likeness (QED) is 0.507. The number of aromatic carboxylic acids is 1. The number of nitrogens with zero attached hydrogens (tertiary/aromatic N) is 1.